The lowest BCUT2D eigenvalue weighted by atomic mass is 9.32. The third kappa shape index (κ3) is 3.65. The molecule has 5 saturated carbocycles. The van der Waals surface area contributed by atoms with Crippen LogP contribution in [0.2, 0.25) is 0 Å². The molecule has 0 spiro atoms. The highest BCUT2D eigenvalue weighted by molar-refractivity contribution is 5.76. The lowest BCUT2D eigenvalue weighted by Gasteiger charge is -2.72. The number of aliphatic carboxylic acids is 1. The van der Waals surface area contributed by atoms with Gasteiger partial charge in [0.15, 0.2) is 0 Å². The lowest BCUT2D eigenvalue weighted by Crippen LogP contribution is -2.67. The second kappa shape index (κ2) is 9.16. The molecule has 0 aromatic heterocycles. The topological polar surface area (TPSA) is 106 Å². The van der Waals surface area contributed by atoms with Crippen LogP contribution in [-0.2, 0) is 23.8 Å². The van der Waals surface area contributed by atoms with Crippen LogP contribution < -0.4 is 0 Å². The molecule has 1 aliphatic heterocycles. The molecule has 6 rings (SSSR count). The zero-order valence-electron chi connectivity index (χ0n) is 25.6. The van der Waals surface area contributed by atoms with Gasteiger partial charge in [-0.3, -0.25) is 4.79 Å². The fourth-order valence-corrected chi connectivity index (χ4v) is 12.4. The summed E-state index contributed by atoms with van der Waals surface area (Å²) in [5, 5.41) is 21.8. The van der Waals surface area contributed by atoms with Crippen LogP contribution >= 0.6 is 0 Å². The van der Waals surface area contributed by atoms with E-state index < -0.39 is 23.0 Å². The number of aliphatic hydroxyl groups excluding tert-OH is 1. The van der Waals surface area contributed by atoms with Gasteiger partial charge in [0, 0.05) is 7.11 Å². The molecule has 226 valence electrons. The molecule has 0 aromatic rings. The smallest absolute Gasteiger partial charge is 0.332 e. The van der Waals surface area contributed by atoms with Gasteiger partial charge in [-0.05, 0) is 115 Å². The predicted molar refractivity (Wildman–Crippen MR) is 149 cm³/mol. The average Bonchev–Trinajstić information content (AvgIpc) is 3.57. The van der Waals surface area contributed by atoms with Gasteiger partial charge in [0.1, 0.15) is 18.8 Å². The minimum atomic E-state index is -0.717. The summed E-state index contributed by atoms with van der Waals surface area (Å²) in [6.45, 7) is 12.8. The second-order valence-corrected chi connectivity index (χ2v) is 16.1. The molecule has 1 heterocycles. The van der Waals surface area contributed by atoms with E-state index in [1.807, 2.05) is 0 Å². The Labute approximate surface area is 240 Å². The molecule has 0 amide bonds. The first-order valence-electron chi connectivity index (χ1n) is 15.9. The Kier molecular flexibility index (Phi) is 6.62. The SMILES string of the molecule is COCC(=O)OCC1([C@@H]2CC[C@]3(C(=O)O)CC[C@]4(C)C(CCC5[C@@]6(C)CC[C@@H](O)C(C)(C)C6CC[C@]54C)[C@H]23)CO1. The Morgan fingerprint density at radius 3 is 2.23 bits per heavy atom. The fraction of sp³-hybridized carbons (Fsp3) is 0.939. The summed E-state index contributed by atoms with van der Waals surface area (Å²) in [5.41, 5.74) is -1.00. The summed E-state index contributed by atoms with van der Waals surface area (Å²) in [4.78, 5) is 25.3. The van der Waals surface area contributed by atoms with Crippen molar-refractivity contribution in [1.29, 1.82) is 0 Å². The van der Waals surface area contributed by atoms with E-state index in [-0.39, 0.29) is 52.8 Å². The summed E-state index contributed by atoms with van der Waals surface area (Å²) >= 11 is 0. The monoisotopic (exact) mass is 560 g/mol. The van der Waals surface area contributed by atoms with Crippen LogP contribution in [0.4, 0.5) is 0 Å². The Balaban J connectivity index is 1.34. The average molecular weight is 561 g/mol. The van der Waals surface area contributed by atoms with E-state index in [1.54, 1.807) is 0 Å². The molecule has 40 heavy (non-hydrogen) atoms. The van der Waals surface area contributed by atoms with E-state index in [2.05, 4.69) is 34.6 Å². The van der Waals surface area contributed by atoms with Gasteiger partial charge < -0.3 is 24.4 Å². The van der Waals surface area contributed by atoms with E-state index in [4.69, 9.17) is 14.2 Å². The van der Waals surface area contributed by atoms with Crippen molar-refractivity contribution < 1.29 is 34.0 Å². The van der Waals surface area contributed by atoms with Gasteiger partial charge in [-0.15, -0.1) is 0 Å². The molecule has 1 saturated heterocycles. The van der Waals surface area contributed by atoms with E-state index in [9.17, 15) is 19.8 Å². The molecule has 4 unspecified atom stereocenters. The van der Waals surface area contributed by atoms with Gasteiger partial charge >= 0.3 is 11.9 Å². The van der Waals surface area contributed by atoms with Gasteiger partial charge in [-0.25, -0.2) is 4.79 Å². The van der Waals surface area contributed by atoms with Gasteiger partial charge in [0.05, 0.1) is 18.1 Å². The van der Waals surface area contributed by atoms with Crippen LogP contribution in [0.15, 0.2) is 0 Å². The van der Waals surface area contributed by atoms with Crippen molar-refractivity contribution in [2.24, 2.45) is 56.7 Å². The minimum Gasteiger partial charge on any atom is -0.481 e. The quantitative estimate of drug-likeness (QED) is 0.328. The Morgan fingerprint density at radius 2 is 1.57 bits per heavy atom. The van der Waals surface area contributed by atoms with E-state index in [0.717, 1.165) is 57.8 Å². The molecular weight excluding hydrogens is 508 g/mol. The zero-order chi connectivity index (χ0) is 28.9. The standard InChI is InChI=1S/C33H52O7/c1-28(2)22-10-13-31(5)23(29(22,3)12-11-24(28)34)8-7-20-26-21(33(19-40-33)18-39-25(35)17-38-6)9-14-32(26,27(36)37)16-15-30(20,31)4/h20-24,26,34H,7-19H2,1-6H3,(H,36,37)/t20?,21-,22?,23?,24-,26-,29+,30-,31-,32+,33?/m1/s1. The number of hydrogen-bond donors (Lipinski definition) is 2. The number of ether oxygens (including phenoxy) is 3. The summed E-state index contributed by atoms with van der Waals surface area (Å²) in [6, 6.07) is 0. The zero-order valence-corrected chi connectivity index (χ0v) is 25.6. The van der Waals surface area contributed by atoms with Gasteiger partial charge in [0.2, 0.25) is 0 Å². The number of methoxy groups -OCH3 is 1. The molecule has 7 heteroatoms. The highest BCUT2D eigenvalue weighted by Crippen LogP contribution is 2.78. The number of carboxylic acid groups (broad SMARTS) is 1. The Bertz CT molecular complexity index is 1050. The first kappa shape index (κ1) is 28.9. The van der Waals surface area contributed by atoms with Crippen molar-refractivity contribution in [3.8, 4) is 0 Å². The fourth-order valence-electron chi connectivity index (χ4n) is 12.4. The Hall–Kier alpha value is -1.18. The molecule has 0 aromatic carbocycles. The van der Waals surface area contributed by atoms with Crippen LogP contribution in [0.25, 0.3) is 0 Å². The molecule has 2 N–H and O–H groups in total. The van der Waals surface area contributed by atoms with Crippen LogP contribution in [0.1, 0.15) is 98.8 Å². The number of hydrogen-bond acceptors (Lipinski definition) is 6. The van der Waals surface area contributed by atoms with Crippen molar-refractivity contribution >= 4 is 11.9 Å². The summed E-state index contributed by atoms with van der Waals surface area (Å²) in [6.07, 6.45) is 9.38. The molecule has 5 aliphatic carbocycles. The van der Waals surface area contributed by atoms with Crippen LogP contribution in [-0.4, -0.2) is 60.8 Å². The third-order valence-corrected chi connectivity index (χ3v) is 14.8. The van der Waals surface area contributed by atoms with Crippen LogP contribution in [0, 0.1) is 56.7 Å². The number of fused-ring (bicyclic) bond motifs is 7. The van der Waals surface area contributed by atoms with Crippen molar-refractivity contribution in [1.82, 2.24) is 0 Å². The summed E-state index contributed by atoms with van der Waals surface area (Å²) < 4.78 is 16.7. The Morgan fingerprint density at radius 1 is 0.850 bits per heavy atom. The van der Waals surface area contributed by atoms with Gasteiger partial charge in [-0.2, -0.15) is 0 Å². The maximum Gasteiger partial charge on any atom is 0.332 e. The maximum absolute atomic E-state index is 13.1. The van der Waals surface area contributed by atoms with Crippen molar-refractivity contribution in [2.45, 2.75) is 111 Å². The van der Waals surface area contributed by atoms with E-state index in [0.29, 0.717) is 30.8 Å². The number of epoxide rings is 1. The molecule has 0 bridgehead atoms. The first-order valence-corrected chi connectivity index (χ1v) is 15.9. The molecule has 7 nitrogen and oxygen atoms in total. The molecular formula is C33H52O7. The van der Waals surface area contributed by atoms with Crippen molar-refractivity contribution in [3.63, 3.8) is 0 Å². The highest BCUT2D eigenvalue weighted by Gasteiger charge is 2.74. The summed E-state index contributed by atoms with van der Waals surface area (Å²) in [5.74, 6) is 0.467. The van der Waals surface area contributed by atoms with Crippen LogP contribution in [0.5, 0.6) is 0 Å². The lowest BCUT2D eigenvalue weighted by molar-refractivity contribution is -0.250. The predicted octanol–water partition coefficient (Wildman–Crippen LogP) is 5.47. The van der Waals surface area contributed by atoms with Crippen molar-refractivity contribution in [2.75, 3.05) is 26.9 Å². The number of carboxylic acids is 1. The van der Waals surface area contributed by atoms with Crippen LogP contribution in [0.3, 0.4) is 0 Å². The molecule has 6 aliphatic rings. The third-order valence-electron chi connectivity index (χ3n) is 14.8. The highest BCUT2D eigenvalue weighted by atomic mass is 16.6. The number of aliphatic hydroxyl groups is 1. The maximum atomic E-state index is 13.1. The van der Waals surface area contributed by atoms with Gasteiger partial charge in [0.25, 0.3) is 0 Å². The molecule has 6 fully saturated rings. The number of carbonyl (C=O) groups excluding carboxylic acids is 1. The first-order chi connectivity index (χ1) is 18.7. The second-order valence-electron chi connectivity index (χ2n) is 16.1. The van der Waals surface area contributed by atoms with E-state index >= 15 is 0 Å². The largest absolute Gasteiger partial charge is 0.481 e. The normalized spacial score (nSPS) is 52.5. The number of carbonyl (C=O) groups is 2. The van der Waals surface area contributed by atoms with Gasteiger partial charge in [-0.1, -0.05) is 34.6 Å². The minimum absolute atomic E-state index is 0.0281. The number of rotatable bonds is 6. The molecule has 0 radical (unpaired) electrons. The van der Waals surface area contributed by atoms with Crippen molar-refractivity contribution in [3.05, 3.63) is 0 Å². The molecule has 11 atom stereocenters. The number of esters is 1. The summed E-state index contributed by atoms with van der Waals surface area (Å²) in [7, 11) is 1.48. The van der Waals surface area contributed by atoms with E-state index in [1.165, 1.54) is 7.11 Å².